The molecule has 0 spiro atoms. The van der Waals surface area contributed by atoms with E-state index in [0.29, 0.717) is 18.1 Å². The molecule has 0 saturated carbocycles. The number of rotatable bonds is 6. The molecule has 10 heteroatoms. The van der Waals surface area contributed by atoms with Crippen LogP contribution in [0.2, 0.25) is 0 Å². The van der Waals surface area contributed by atoms with E-state index in [1.165, 1.54) is 23.1 Å². The van der Waals surface area contributed by atoms with Gasteiger partial charge in [-0.2, -0.15) is 0 Å². The molecular formula is C13H12N4O3S2Se. The van der Waals surface area contributed by atoms with Gasteiger partial charge in [-0.25, -0.2) is 0 Å². The monoisotopic (exact) mass is 416 g/mol. The van der Waals surface area contributed by atoms with E-state index in [2.05, 4.69) is 15.5 Å². The summed E-state index contributed by atoms with van der Waals surface area (Å²) in [5.41, 5.74) is -0.0149. The second-order valence-electron chi connectivity index (χ2n) is 4.47. The fourth-order valence-electron chi connectivity index (χ4n) is 1.87. The van der Waals surface area contributed by atoms with Crippen molar-refractivity contribution in [3.63, 3.8) is 0 Å². The molecule has 1 aromatic carbocycles. The summed E-state index contributed by atoms with van der Waals surface area (Å²) in [5.74, 6) is 0.744. The minimum atomic E-state index is -1.01. The van der Waals surface area contributed by atoms with Gasteiger partial charge >= 0.3 is 145 Å². The number of benzene rings is 1. The van der Waals surface area contributed by atoms with Crippen molar-refractivity contribution in [2.45, 2.75) is 10.8 Å². The average Bonchev–Trinajstić information content (AvgIpc) is 3.12. The third kappa shape index (κ3) is 3.84. The molecule has 0 fully saturated rings. The summed E-state index contributed by atoms with van der Waals surface area (Å²) < 4.78 is 3.55. The van der Waals surface area contributed by atoms with Gasteiger partial charge in [-0.3, -0.25) is 0 Å². The van der Waals surface area contributed by atoms with Crippen LogP contribution in [0.4, 0.5) is 4.79 Å². The fraction of sp³-hybridized carbons (Fsp3) is 0.231. The van der Waals surface area contributed by atoms with E-state index in [0.717, 1.165) is 19.7 Å². The molecule has 0 aliphatic heterocycles. The van der Waals surface area contributed by atoms with Gasteiger partial charge in [-0.15, -0.1) is 0 Å². The second kappa shape index (κ2) is 7.31. The van der Waals surface area contributed by atoms with Gasteiger partial charge in [0.25, 0.3) is 0 Å². The molecule has 0 bridgehead atoms. The molecule has 3 rings (SSSR count). The molecule has 0 aliphatic rings. The molecule has 0 aliphatic carbocycles. The van der Waals surface area contributed by atoms with E-state index >= 15 is 0 Å². The Kier molecular flexibility index (Phi) is 5.16. The Morgan fingerprint density at radius 1 is 1.39 bits per heavy atom. The number of thioether (sulfide) groups is 1. The first kappa shape index (κ1) is 16.3. The van der Waals surface area contributed by atoms with Crippen LogP contribution in [0, 0.1) is 0 Å². The Labute approximate surface area is 145 Å². The average molecular weight is 415 g/mol. The van der Waals surface area contributed by atoms with E-state index in [4.69, 9.17) is 5.11 Å². The van der Waals surface area contributed by atoms with Crippen LogP contribution in [0.1, 0.15) is 6.42 Å². The van der Waals surface area contributed by atoms with Gasteiger partial charge in [0, 0.05) is 0 Å². The summed E-state index contributed by atoms with van der Waals surface area (Å²) in [5, 5.41) is 20.4. The molecule has 0 saturated heterocycles. The number of nitrogens with zero attached hydrogens (tertiary/aromatic N) is 3. The third-order valence-electron chi connectivity index (χ3n) is 2.88. The number of amides is 1. The van der Waals surface area contributed by atoms with Gasteiger partial charge in [-0.1, -0.05) is 0 Å². The first-order valence-electron chi connectivity index (χ1n) is 6.69. The summed E-state index contributed by atoms with van der Waals surface area (Å²) in [6.07, 6.45) is -0.299. The van der Waals surface area contributed by atoms with Gasteiger partial charge < -0.3 is 0 Å². The molecule has 0 unspecified atom stereocenters. The second-order valence-corrected chi connectivity index (χ2v) is 8.84. The zero-order valence-electron chi connectivity index (χ0n) is 11.8. The number of fused-ring (bicyclic) bond motifs is 1. The van der Waals surface area contributed by atoms with Crippen LogP contribution in [-0.4, -0.2) is 52.0 Å². The molecule has 0 atom stereocenters. The minimum absolute atomic E-state index is 0.0149. The summed E-state index contributed by atoms with van der Waals surface area (Å²) in [6, 6.07) is 7.61. The Hall–Kier alpha value is -1.61. The predicted octanol–water partition coefficient (Wildman–Crippen LogP) is 1.65. The van der Waals surface area contributed by atoms with E-state index in [1.54, 1.807) is 3.56 Å². The van der Waals surface area contributed by atoms with Crippen molar-refractivity contribution in [1.29, 1.82) is 0 Å². The third-order valence-corrected chi connectivity index (χ3v) is 7.53. The van der Waals surface area contributed by atoms with Crippen molar-refractivity contribution in [2.24, 2.45) is 0 Å². The molecule has 3 aromatic rings. The maximum atomic E-state index is 12.4. The Morgan fingerprint density at radius 2 is 2.22 bits per heavy atom. The first-order valence-corrected chi connectivity index (χ1v) is 10.1. The van der Waals surface area contributed by atoms with E-state index in [-0.39, 0.29) is 20.3 Å². The van der Waals surface area contributed by atoms with Crippen LogP contribution in [0.3, 0.4) is 0 Å². The summed E-state index contributed by atoms with van der Waals surface area (Å²) in [4.78, 5) is 22.7. The van der Waals surface area contributed by atoms with Crippen molar-refractivity contribution in [1.82, 2.24) is 19.1 Å². The standard InChI is InChI=1S/C13H12N4O3S2Se/c18-10-8-4-1-2-5-9(8)23-17(10)11-15-16-13(22-11)21-7-3-6-14-12(19)20/h1-2,4-5,14H,3,6-7H2,(H,19,20). The van der Waals surface area contributed by atoms with Gasteiger partial charge in [0.2, 0.25) is 0 Å². The normalized spacial score (nSPS) is 11.0. The molecule has 23 heavy (non-hydrogen) atoms. The van der Waals surface area contributed by atoms with Gasteiger partial charge in [0.05, 0.1) is 0 Å². The molecule has 2 N–H and O–H groups in total. The number of carbonyl (C=O) groups is 1. The zero-order valence-corrected chi connectivity index (χ0v) is 15.1. The van der Waals surface area contributed by atoms with Crippen molar-refractivity contribution in [3.8, 4) is 5.13 Å². The van der Waals surface area contributed by atoms with Crippen LogP contribution < -0.4 is 10.9 Å². The number of carboxylic acid groups (broad SMARTS) is 1. The van der Waals surface area contributed by atoms with Gasteiger partial charge in [0.15, 0.2) is 0 Å². The topological polar surface area (TPSA) is 97.1 Å². The number of hydrogen-bond acceptors (Lipinski definition) is 6. The van der Waals surface area contributed by atoms with Crippen LogP contribution in [0.5, 0.6) is 0 Å². The maximum absolute atomic E-state index is 12.4. The van der Waals surface area contributed by atoms with Crippen LogP contribution in [0.15, 0.2) is 33.4 Å². The van der Waals surface area contributed by atoms with E-state index in [1.807, 2.05) is 24.3 Å². The fourth-order valence-corrected chi connectivity index (χ4v) is 5.91. The van der Waals surface area contributed by atoms with Crippen LogP contribution in [0.25, 0.3) is 14.8 Å². The number of nitrogens with one attached hydrogen (secondary N) is 1. The summed E-state index contributed by atoms with van der Waals surface area (Å²) >= 11 is 2.81. The van der Waals surface area contributed by atoms with Gasteiger partial charge in [-0.05, 0) is 0 Å². The summed E-state index contributed by atoms with van der Waals surface area (Å²) in [7, 11) is 0. The SMILES string of the molecule is O=C(O)NCCCSc1nnc(-n2[se]c3ccccc3c2=O)s1. The molecule has 120 valence electrons. The van der Waals surface area contributed by atoms with Crippen molar-refractivity contribution < 1.29 is 9.90 Å². The van der Waals surface area contributed by atoms with Crippen LogP contribution >= 0.6 is 23.1 Å². The Balaban J connectivity index is 1.68. The zero-order chi connectivity index (χ0) is 16.2. The molecule has 1 amide bonds. The van der Waals surface area contributed by atoms with E-state index in [9.17, 15) is 9.59 Å². The predicted molar refractivity (Wildman–Crippen MR) is 91.3 cm³/mol. The molecular weight excluding hydrogens is 403 g/mol. The number of aromatic nitrogens is 3. The van der Waals surface area contributed by atoms with Gasteiger partial charge in [0.1, 0.15) is 0 Å². The van der Waals surface area contributed by atoms with Crippen LogP contribution in [-0.2, 0) is 0 Å². The van der Waals surface area contributed by atoms with E-state index < -0.39 is 6.09 Å². The number of hydrogen-bond donors (Lipinski definition) is 2. The molecule has 2 aromatic heterocycles. The Morgan fingerprint density at radius 3 is 3.00 bits per heavy atom. The summed E-state index contributed by atoms with van der Waals surface area (Å²) in [6.45, 7) is 0.414. The Bertz CT molecular complexity index is 889. The van der Waals surface area contributed by atoms with Crippen molar-refractivity contribution in [2.75, 3.05) is 12.3 Å². The molecule has 7 nitrogen and oxygen atoms in total. The van der Waals surface area contributed by atoms with Crippen molar-refractivity contribution >= 4 is 53.6 Å². The van der Waals surface area contributed by atoms with Crippen molar-refractivity contribution in [3.05, 3.63) is 34.6 Å². The molecule has 2 heterocycles. The quantitative estimate of drug-likeness (QED) is 0.361. The first-order chi connectivity index (χ1) is 11.1. The molecule has 0 radical (unpaired) electrons.